The molecule has 2 N–H and O–H groups in total. The van der Waals surface area contributed by atoms with Crippen molar-refractivity contribution in [1.29, 1.82) is 0 Å². The molecule has 0 bridgehead atoms. The van der Waals surface area contributed by atoms with Crippen LogP contribution < -0.4 is 4.72 Å². The van der Waals surface area contributed by atoms with Crippen LogP contribution in [0.5, 0.6) is 0 Å². The van der Waals surface area contributed by atoms with Crippen LogP contribution in [0, 0.1) is 5.82 Å². The number of aliphatic hydroxyl groups excluding tert-OH is 1. The van der Waals surface area contributed by atoms with Crippen molar-refractivity contribution in [2.24, 2.45) is 0 Å². The van der Waals surface area contributed by atoms with Crippen LogP contribution in [0.2, 0.25) is 5.02 Å². The van der Waals surface area contributed by atoms with E-state index in [0.717, 1.165) is 6.07 Å². The number of sulfonamides is 1. The molecule has 1 heterocycles. The largest absolute Gasteiger partial charge is 0.387 e. The first-order valence-corrected chi connectivity index (χ1v) is 8.40. The molecule has 22 heavy (non-hydrogen) atoms. The second-order valence-electron chi connectivity index (χ2n) is 4.65. The second kappa shape index (κ2) is 7.15. The molecule has 0 fully saturated rings. The van der Waals surface area contributed by atoms with E-state index in [1.807, 2.05) is 0 Å². The zero-order valence-electron chi connectivity index (χ0n) is 11.4. The Kier molecular flexibility index (Phi) is 5.47. The lowest BCUT2D eigenvalue weighted by atomic mass is 10.1. The van der Waals surface area contributed by atoms with Gasteiger partial charge in [0.15, 0.2) is 0 Å². The zero-order valence-corrected chi connectivity index (χ0v) is 13.0. The van der Waals surface area contributed by atoms with Gasteiger partial charge in [-0.05, 0) is 35.4 Å². The molecule has 5 nitrogen and oxygen atoms in total. The molecule has 1 aromatic heterocycles. The third-order valence-corrected chi connectivity index (χ3v) is 4.54. The number of benzene rings is 1. The van der Waals surface area contributed by atoms with Gasteiger partial charge in [0.05, 0.1) is 16.9 Å². The Morgan fingerprint density at radius 1 is 1.27 bits per heavy atom. The van der Waals surface area contributed by atoms with Gasteiger partial charge in [0.2, 0.25) is 10.0 Å². The van der Waals surface area contributed by atoms with Crippen LogP contribution in [0.4, 0.5) is 4.39 Å². The molecule has 1 aromatic carbocycles. The molecule has 0 unspecified atom stereocenters. The van der Waals surface area contributed by atoms with Gasteiger partial charge in [0, 0.05) is 18.9 Å². The number of nitrogens with zero attached hydrogens (tertiary/aromatic N) is 1. The third-order valence-electron chi connectivity index (χ3n) is 2.93. The van der Waals surface area contributed by atoms with E-state index in [9.17, 15) is 17.9 Å². The highest BCUT2D eigenvalue weighted by molar-refractivity contribution is 7.88. The summed E-state index contributed by atoms with van der Waals surface area (Å²) in [5.74, 6) is -0.959. The van der Waals surface area contributed by atoms with E-state index in [0.29, 0.717) is 11.1 Å². The average molecular weight is 345 g/mol. The Labute approximate surface area is 132 Å². The van der Waals surface area contributed by atoms with Gasteiger partial charge in [0.25, 0.3) is 0 Å². The van der Waals surface area contributed by atoms with Gasteiger partial charge in [-0.2, -0.15) is 0 Å². The molecule has 8 heteroatoms. The van der Waals surface area contributed by atoms with Crippen LogP contribution in [-0.4, -0.2) is 25.1 Å². The smallest absolute Gasteiger partial charge is 0.215 e. The lowest BCUT2D eigenvalue weighted by Gasteiger charge is -2.12. The summed E-state index contributed by atoms with van der Waals surface area (Å²) in [6, 6.07) is 6.91. The summed E-state index contributed by atoms with van der Waals surface area (Å²) >= 11 is 5.61. The monoisotopic (exact) mass is 344 g/mol. The summed E-state index contributed by atoms with van der Waals surface area (Å²) in [4.78, 5) is 3.81. The number of aromatic nitrogens is 1. The number of halogens is 2. The molecule has 0 saturated heterocycles. The van der Waals surface area contributed by atoms with Crippen molar-refractivity contribution in [3.63, 3.8) is 0 Å². The quantitative estimate of drug-likeness (QED) is 0.840. The molecule has 2 aromatic rings. The number of nitrogens with one attached hydrogen (secondary N) is 1. The van der Waals surface area contributed by atoms with Crippen molar-refractivity contribution in [2.45, 2.75) is 11.9 Å². The van der Waals surface area contributed by atoms with Crippen molar-refractivity contribution in [1.82, 2.24) is 9.71 Å². The Morgan fingerprint density at radius 3 is 2.59 bits per heavy atom. The summed E-state index contributed by atoms with van der Waals surface area (Å²) < 4.78 is 39.3. The Balaban J connectivity index is 1.98. The fourth-order valence-corrected chi connectivity index (χ4v) is 3.14. The highest BCUT2D eigenvalue weighted by atomic mass is 35.5. The lowest BCUT2D eigenvalue weighted by molar-refractivity contribution is 0.182. The van der Waals surface area contributed by atoms with Gasteiger partial charge in [-0.3, -0.25) is 4.98 Å². The highest BCUT2D eigenvalue weighted by Crippen LogP contribution is 2.17. The van der Waals surface area contributed by atoms with Gasteiger partial charge in [-0.15, -0.1) is 0 Å². The molecular formula is C14H14ClFN2O3S. The van der Waals surface area contributed by atoms with Crippen molar-refractivity contribution < 1.29 is 17.9 Å². The fourth-order valence-electron chi connectivity index (χ4n) is 1.81. The minimum absolute atomic E-state index is 0.135. The fraction of sp³-hybridized carbons (Fsp3) is 0.214. The maximum Gasteiger partial charge on any atom is 0.215 e. The van der Waals surface area contributed by atoms with Gasteiger partial charge in [-0.1, -0.05) is 17.7 Å². The van der Waals surface area contributed by atoms with Crippen LogP contribution >= 0.6 is 11.6 Å². The van der Waals surface area contributed by atoms with E-state index < -0.39 is 21.9 Å². The molecule has 0 aliphatic rings. The first-order chi connectivity index (χ1) is 10.4. The Hall–Kier alpha value is -1.54. The summed E-state index contributed by atoms with van der Waals surface area (Å²) in [6.07, 6.45) is 2.04. The second-order valence-corrected chi connectivity index (χ2v) is 6.87. The normalized spacial score (nSPS) is 13.0. The maximum atomic E-state index is 13.0. The first kappa shape index (κ1) is 16.8. The molecular weight excluding hydrogens is 331 g/mol. The lowest BCUT2D eigenvalue weighted by Crippen LogP contribution is -2.29. The van der Waals surface area contributed by atoms with Crippen LogP contribution in [0.3, 0.4) is 0 Å². The van der Waals surface area contributed by atoms with Crippen molar-refractivity contribution >= 4 is 21.6 Å². The Bertz CT molecular complexity index is 741. The number of hydrogen-bond donors (Lipinski definition) is 2. The third kappa shape index (κ3) is 4.74. The standard InChI is InChI=1S/C14H14ClFN2O3S/c15-12-7-10(1-2-13(12)16)9-22(20,21)18-8-14(19)11-3-5-17-6-4-11/h1-7,14,18-19H,8-9H2/t14-/m0/s1. The van der Waals surface area contributed by atoms with Gasteiger partial charge >= 0.3 is 0 Å². The molecule has 2 rings (SSSR count). The van der Waals surface area contributed by atoms with Crippen molar-refractivity contribution in [3.05, 3.63) is 64.7 Å². The molecule has 118 valence electrons. The van der Waals surface area contributed by atoms with E-state index in [-0.39, 0.29) is 17.3 Å². The minimum atomic E-state index is -3.67. The molecule has 0 aliphatic carbocycles. The first-order valence-electron chi connectivity index (χ1n) is 6.36. The molecule has 0 radical (unpaired) electrons. The minimum Gasteiger partial charge on any atom is -0.387 e. The predicted molar refractivity (Wildman–Crippen MR) is 81.2 cm³/mol. The summed E-state index contributed by atoms with van der Waals surface area (Å²) in [5, 5.41) is 9.77. The summed E-state index contributed by atoms with van der Waals surface area (Å²) in [7, 11) is -3.67. The Morgan fingerprint density at radius 2 is 1.95 bits per heavy atom. The van der Waals surface area contributed by atoms with Crippen LogP contribution in [0.15, 0.2) is 42.7 Å². The van der Waals surface area contributed by atoms with Crippen LogP contribution in [0.1, 0.15) is 17.2 Å². The van der Waals surface area contributed by atoms with Crippen LogP contribution in [-0.2, 0) is 15.8 Å². The maximum absolute atomic E-state index is 13.0. The van der Waals surface area contributed by atoms with Crippen molar-refractivity contribution in [2.75, 3.05) is 6.54 Å². The van der Waals surface area contributed by atoms with E-state index in [4.69, 9.17) is 11.6 Å². The number of pyridine rings is 1. The van der Waals surface area contributed by atoms with E-state index >= 15 is 0 Å². The SMILES string of the molecule is O=S(=O)(Cc1ccc(F)c(Cl)c1)NC[C@H](O)c1ccncc1. The van der Waals surface area contributed by atoms with Crippen molar-refractivity contribution in [3.8, 4) is 0 Å². The zero-order chi connectivity index (χ0) is 16.2. The number of hydrogen-bond acceptors (Lipinski definition) is 4. The molecule has 0 saturated carbocycles. The summed E-state index contributed by atoms with van der Waals surface area (Å²) in [5.41, 5.74) is 0.917. The molecule has 1 atom stereocenters. The summed E-state index contributed by atoms with van der Waals surface area (Å²) in [6.45, 7) is -0.165. The number of aliphatic hydroxyl groups is 1. The highest BCUT2D eigenvalue weighted by Gasteiger charge is 2.15. The average Bonchev–Trinajstić information content (AvgIpc) is 2.49. The molecule has 0 amide bonds. The van der Waals surface area contributed by atoms with Crippen LogP contribution in [0.25, 0.3) is 0 Å². The van der Waals surface area contributed by atoms with Gasteiger partial charge in [0.1, 0.15) is 5.82 Å². The van der Waals surface area contributed by atoms with E-state index in [1.165, 1.54) is 24.5 Å². The van der Waals surface area contributed by atoms with Gasteiger partial charge < -0.3 is 5.11 Å². The van der Waals surface area contributed by atoms with E-state index in [2.05, 4.69) is 9.71 Å². The molecule has 0 aliphatic heterocycles. The van der Waals surface area contributed by atoms with E-state index in [1.54, 1.807) is 12.1 Å². The molecule has 0 spiro atoms. The number of rotatable bonds is 6. The predicted octanol–water partition coefficient (Wildman–Crippen LogP) is 2.03. The van der Waals surface area contributed by atoms with Gasteiger partial charge in [-0.25, -0.2) is 17.5 Å². The topological polar surface area (TPSA) is 79.3 Å².